The van der Waals surface area contributed by atoms with Gasteiger partial charge in [0.2, 0.25) is 10.0 Å². The first-order valence-electron chi connectivity index (χ1n) is 15.9. The van der Waals surface area contributed by atoms with Crippen molar-refractivity contribution in [2.24, 2.45) is 11.8 Å². The summed E-state index contributed by atoms with van der Waals surface area (Å²) >= 11 is 1.48. The highest BCUT2D eigenvalue weighted by molar-refractivity contribution is 7.89. The molecule has 1 aliphatic heterocycles. The van der Waals surface area contributed by atoms with Crippen LogP contribution < -0.4 is 10.6 Å². The van der Waals surface area contributed by atoms with Crippen LogP contribution in [0.3, 0.4) is 0 Å². The fraction of sp³-hybridized carbons (Fsp3) is 0.353. The van der Waals surface area contributed by atoms with Crippen molar-refractivity contribution in [2.45, 2.75) is 44.0 Å². The van der Waals surface area contributed by atoms with E-state index in [1.165, 1.54) is 22.0 Å². The maximum atomic E-state index is 13.6. The molecule has 1 fully saturated rings. The molecule has 48 heavy (non-hydrogen) atoms. The Morgan fingerprint density at radius 3 is 2.50 bits per heavy atom. The number of benzene rings is 1. The maximum absolute atomic E-state index is 13.6. The molecule has 2 amide bonds. The molecular weight excluding hydrogens is 653 g/mol. The quantitative estimate of drug-likeness (QED) is 0.170. The van der Waals surface area contributed by atoms with Gasteiger partial charge in [-0.05, 0) is 78.9 Å². The van der Waals surface area contributed by atoms with E-state index in [4.69, 9.17) is 9.40 Å². The molecule has 1 saturated heterocycles. The molecular formula is C34H38N6O6S2. The van der Waals surface area contributed by atoms with Gasteiger partial charge < -0.3 is 20.2 Å². The average molecular weight is 691 g/mol. The molecule has 0 saturated carbocycles. The molecule has 0 aliphatic carbocycles. The van der Waals surface area contributed by atoms with Gasteiger partial charge in [0.25, 0.3) is 11.8 Å². The smallest absolute Gasteiger partial charge is 0.270 e. The molecule has 0 unspecified atom stereocenters. The van der Waals surface area contributed by atoms with Crippen molar-refractivity contribution in [1.29, 1.82) is 0 Å². The number of carbonyl (C=O) groups is 2. The van der Waals surface area contributed by atoms with E-state index < -0.39 is 16.1 Å². The fourth-order valence-electron chi connectivity index (χ4n) is 6.05. The second-order valence-electron chi connectivity index (χ2n) is 12.4. The number of aliphatic hydroxyl groups excluding tert-OH is 1. The number of piperidine rings is 1. The van der Waals surface area contributed by atoms with Crippen molar-refractivity contribution in [2.75, 3.05) is 26.2 Å². The van der Waals surface area contributed by atoms with Crippen LogP contribution in [0.15, 0.2) is 81.3 Å². The molecule has 5 heterocycles. The number of aliphatic hydroxyl groups is 1. The van der Waals surface area contributed by atoms with E-state index in [0.29, 0.717) is 67.3 Å². The van der Waals surface area contributed by atoms with Gasteiger partial charge in [0.15, 0.2) is 17.8 Å². The summed E-state index contributed by atoms with van der Waals surface area (Å²) in [6, 6.07) is 11.4. The van der Waals surface area contributed by atoms with Crippen LogP contribution in [0.25, 0.3) is 28.2 Å². The van der Waals surface area contributed by atoms with E-state index >= 15 is 0 Å². The van der Waals surface area contributed by atoms with Crippen LogP contribution in [0.4, 0.5) is 0 Å². The molecule has 1 aromatic carbocycles. The van der Waals surface area contributed by atoms with Crippen molar-refractivity contribution in [3.8, 4) is 22.6 Å². The number of hydrogen-bond donors (Lipinski definition) is 3. The van der Waals surface area contributed by atoms with Crippen LogP contribution in [-0.2, 0) is 10.0 Å². The number of aromatic nitrogens is 3. The molecule has 3 N–H and O–H groups in total. The molecule has 12 nitrogen and oxygen atoms in total. The van der Waals surface area contributed by atoms with E-state index in [1.54, 1.807) is 53.2 Å². The van der Waals surface area contributed by atoms with Gasteiger partial charge in [-0.2, -0.15) is 15.6 Å². The number of carbonyl (C=O) groups excluding carboxylic acids is 2. The van der Waals surface area contributed by atoms with Gasteiger partial charge in [-0.15, -0.1) is 0 Å². The Balaban J connectivity index is 1.13. The number of nitrogens with zero attached hydrogens (tertiary/aromatic N) is 4. The number of thiophene rings is 1. The summed E-state index contributed by atoms with van der Waals surface area (Å²) in [5.74, 6) is 0.218. The number of nitrogens with one attached hydrogen (secondary N) is 2. The fourth-order valence-corrected chi connectivity index (χ4v) is 8.16. The second-order valence-corrected chi connectivity index (χ2v) is 15.1. The van der Waals surface area contributed by atoms with Crippen molar-refractivity contribution in [3.63, 3.8) is 0 Å². The van der Waals surface area contributed by atoms with Gasteiger partial charge in [-0.3, -0.25) is 14.0 Å². The first-order valence-corrected chi connectivity index (χ1v) is 18.3. The molecule has 0 bridgehead atoms. The van der Waals surface area contributed by atoms with Crippen molar-refractivity contribution < 1.29 is 27.5 Å². The van der Waals surface area contributed by atoms with Crippen LogP contribution in [-0.4, -0.2) is 76.3 Å². The third-order valence-electron chi connectivity index (χ3n) is 8.55. The van der Waals surface area contributed by atoms with Gasteiger partial charge in [0.05, 0.1) is 29.3 Å². The largest absolute Gasteiger partial charge is 0.444 e. The van der Waals surface area contributed by atoms with Crippen LogP contribution in [0.2, 0.25) is 0 Å². The number of pyridine rings is 1. The highest BCUT2D eigenvalue weighted by atomic mass is 32.2. The lowest BCUT2D eigenvalue weighted by Crippen LogP contribution is -2.41. The Hall–Kier alpha value is -4.37. The molecule has 1 aliphatic rings. The van der Waals surface area contributed by atoms with Crippen LogP contribution >= 0.6 is 11.3 Å². The molecule has 5 aromatic rings. The number of imidazole rings is 1. The van der Waals surface area contributed by atoms with Crippen molar-refractivity contribution >= 4 is 38.8 Å². The normalized spacial score (nSPS) is 15.2. The summed E-state index contributed by atoms with van der Waals surface area (Å²) in [4.78, 5) is 36.0. The minimum Gasteiger partial charge on any atom is -0.444 e. The maximum Gasteiger partial charge on any atom is 0.270 e. The monoisotopic (exact) mass is 690 g/mol. The molecule has 252 valence electrons. The lowest BCUT2D eigenvalue weighted by atomic mass is 9.98. The zero-order valence-electron chi connectivity index (χ0n) is 26.7. The number of fused-ring (bicyclic) bond motifs is 1. The molecule has 4 aromatic heterocycles. The van der Waals surface area contributed by atoms with Crippen LogP contribution in [0.5, 0.6) is 0 Å². The Labute approximate surface area is 282 Å². The van der Waals surface area contributed by atoms with Crippen molar-refractivity contribution in [3.05, 3.63) is 83.3 Å². The molecule has 1 atom stereocenters. The van der Waals surface area contributed by atoms with Crippen molar-refractivity contribution in [1.82, 2.24) is 29.3 Å². The number of sulfonamides is 1. The summed E-state index contributed by atoms with van der Waals surface area (Å²) in [7, 11) is -3.67. The Morgan fingerprint density at radius 2 is 1.85 bits per heavy atom. The summed E-state index contributed by atoms with van der Waals surface area (Å²) in [6.07, 6.45) is 6.41. The Morgan fingerprint density at radius 1 is 1.08 bits per heavy atom. The zero-order chi connectivity index (χ0) is 33.8. The van der Waals surface area contributed by atoms with Gasteiger partial charge in [0, 0.05) is 42.3 Å². The SMILES string of the molecule is CC(C)C[C@@H](CO)NC(=O)c1c(-c2ccsc2)nc2c(C(=O)NCC3CCN(S(=O)(=O)c4ccc(-c5cnco5)cc4)CC3)cccn12. The van der Waals surface area contributed by atoms with E-state index in [2.05, 4.69) is 15.6 Å². The minimum absolute atomic E-state index is 0.0905. The summed E-state index contributed by atoms with van der Waals surface area (Å²) < 4.78 is 35.1. The van der Waals surface area contributed by atoms with Gasteiger partial charge in [0.1, 0.15) is 11.4 Å². The topological polar surface area (TPSA) is 159 Å². The van der Waals surface area contributed by atoms with Gasteiger partial charge in [-0.1, -0.05) is 13.8 Å². The highest BCUT2D eigenvalue weighted by Gasteiger charge is 2.30. The summed E-state index contributed by atoms with van der Waals surface area (Å²) in [5.41, 5.74) is 2.92. The Bertz CT molecular complexity index is 1960. The predicted octanol–water partition coefficient (Wildman–Crippen LogP) is 4.69. The summed E-state index contributed by atoms with van der Waals surface area (Å²) in [6.45, 7) is 4.92. The zero-order valence-corrected chi connectivity index (χ0v) is 28.3. The van der Waals surface area contributed by atoms with E-state index in [1.807, 2.05) is 30.7 Å². The summed E-state index contributed by atoms with van der Waals surface area (Å²) in [5, 5.41) is 19.6. The Kier molecular flexibility index (Phi) is 10.1. The molecule has 0 spiro atoms. The predicted molar refractivity (Wildman–Crippen MR) is 182 cm³/mol. The van der Waals surface area contributed by atoms with E-state index in [9.17, 15) is 23.1 Å². The van der Waals surface area contributed by atoms with Crippen LogP contribution in [0.1, 0.15) is 54.0 Å². The standard InChI is InChI=1S/C34H38N6O6S2/c1-22(2)16-26(19-41)37-34(43)31-30(25-11-15-47-20-25)38-32-28(4-3-12-40(31)32)33(42)36-17-23-9-13-39(14-10-23)48(44,45)27-7-5-24(6-8-27)29-18-35-21-46-29/h3-8,11-12,15,18,20-23,26,41H,9-10,13-14,16-17,19H2,1-2H3,(H,36,42)(H,37,43)/t26-/m0/s1. The lowest BCUT2D eigenvalue weighted by Gasteiger charge is -2.31. The van der Waals surface area contributed by atoms with Crippen LogP contribution in [0, 0.1) is 11.8 Å². The van der Waals surface area contributed by atoms with E-state index in [-0.39, 0.29) is 35.2 Å². The molecule has 0 radical (unpaired) electrons. The first kappa shape index (κ1) is 33.5. The number of hydrogen-bond acceptors (Lipinski definition) is 9. The lowest BCUT2D eigenvalue weighted by molar-refractivity contribution is 0.0900. The number of oxazole rings is 1. The number of amides is 2. The average Bonchev–Trinajstić information content (AvgIpc) is 3.88. The first-order chi connectivity index (χ1) is 23.2. The van der Waals surface area contributed by atoms with Gasteiger partial charge in [-0.25, -0.2) is 18.4 Å². The molecule has 14 heteroatoms. The third kappa shape index (κ3) is 7.06. The molecule has 6 rings (SSSR count). The van der Waals surface area contributed by atoms with E-state index in [0.717, 1.165) is 11.1 Å². The second kappa shape index (κ2) is 14.4. The minimum atomic E-state index is -3.67. The third-order valence-corrected chi connectivity index (χ3v) is 11.1. The van der Waals surface area contributed by atoms with Gasteiger partial charge >= 0.3 is 0 Å². The number of rotatable bonds is 12. The highest BCUT2D eigenvalue weighted by Crippen LogP contribution is 2.29.